The largest absolute Gasteiger partial charge is 0.357 e. The van der Waals surface area contributed by atoms with Crippen LogP contribution >= 0.6 is 23.8 Å². The Kier molecular flexibility index (Phi) is 5.17. The number of ketones is 1. The number of benzene rings is 1. The van der Waals surface area contributed by atoms with Gasteiger partial charge >= 0.3 is 0 Å². The molecule has 12 heteroatoms. The lowest BCUT2D eigenvalue weighted by atomic mass is 10.0. The Morgan fingerprint density at radius 3 is 2.81 bits per heavy atom. The van der Waals surface area contributed by atoms with Crippen LogP contribution in [0.1, 0.15) is 24.4 Å². The van der Waals surface area contributed by atoms with E-state index in [-0.39, 0.29) is 40.6 Å². The van der Waals surface area contributed by atoms with Crippen LogP contribution in [0.2, 0.25) is 5.15 Å². The second kappa shape index (κ2) is 7.89. The fourth-order valence-electron chi connectivity index (χ4n) is 3.77. The molecule has 1 aromatic carbocycles. The summed E-state index contributed by atoms with van der Waals surface area (Å²) in [5, 5.41) is 10.2. The van der Waals surface area contributed by atoms with Crippen LogP contribution in [0.15, 0.2) is 30.5 Å². The van der Waals surface area contributed by atoms with Crippen molar-refractivity contribution in [2.45, 2.75) is 31.1 Å². The summed E-state index contributed by atoms with van der Waals surface area (Å²) < 4.78 is 42.8. The highest BCUT2D eigenvalue weighted by atomic mass is 35.5. The second-order valence-electron chi connectivity index (χ2n) is 7.73. The van der Waals surface area contributed by atoms with Gasteiger partial charge in [-0.3, -0.25) is 4.79 Å². The van der Waals surface area contributed by atoms with E-state index in [1.165, 1.54) is 4.52 Å². The lowest BCUT2D eigenvalue weighted by molar-refractivity contribution is -0.116. The van der Waals surface area contributed by atoms with Crippen molar-refractivity contribution in [2.24, 2.45) is 0 Å². The highest BCUT2D eigenvalue weighted by Crippen LogP contribution is 2.36. The molecule has 32 heavy (non-hydrogen) atoms. The Labute approximate surface area is 190 Å². The van der Waals surface area contributed by atoms with Gasteiger partial charge in [-0.15, -0.1) is 0 Å². The van der Waals surface area contributed by atoms with Gasteiger partial charge in [-0.25, -0.2) is 22.7 Å². The van der Waals surface area contributed by atoms with Gasteiger partial charge in [-0.05, 0) is 36.5 Å². The molecule has 2 fully saturated rings. The number of halogens is 4. The van der Waals surface area contributed by atoms with Crippen LogP contribution in [0, 0.1) is 11.6 Å². The number of rotatable bonds is 4. The van der Waals surface area contributed by atoms with E-state index in [2.05, 4.69) is 20.7 Å². The molecule has 5 rings (SSSR count). The number of aromatic nitrogens is 3. The fourth-order valence-corrected chi connectivity index (χ4v) is 4.24. The van der Waals surface area contributed by atoms with Crippen molar-refractivity contribution in [3.05, 3.63) is 52.8 Å². The van der Waals surface area contributed by atoms with Crippen LogP contribution in [0.25, 0.3) is 5.65 Å². The molecule has 0 radical (unpaired) electrons. The van der Waals surface area contributed by atoms with Gasteiger partial charge in [-0.2, -0.15) is 5.10 Å². The van der Waals surface area contributed by atoms with Gasteiger partial charge in [-0.1, -0.05) is 11.6 Å². The molecule has 1 aliphatic carbocycles. The Hall–Kier alpha value is -2.92. The molecule has 1 saturated heterocycles. The smallest absolute Gasteiger partial charge is 0.182 e. The Morgan fingerprint density at radius 2 is 2.06 bits per heavy atom. The first-order chi connectivity index (χ1) is 15.3. The van der Waals surface area contributed by atoms with Crippen LogP contribution < -0.4 is 15.5 Å². The SMILES string of the molecule is O=C1C[C@H](c2cc(F)ccc2F)N(c2ccn3nc(Cl)c(NC(=S)N[C@H]4C[C@H]4F)c3n2)C1. The van der Waals surface area contributed by atoms with Gasteiger partial charge in [0.2, 0.25) is 0 Å². The van der Waals surface area contributed by atoms with Gasteiger partial charge in [0.25, 0.3) is 0 Å². The van der Waals surface area contributed by atoms with Crippen molar-refractivity contribution in [3.63, 3.8) is 0 Å². The van der Waals surface area contributed by atoms with E-state index in [1.54, 1.807) is 17.2 Å². The van der Waals surface area contributed by atoms with E-state index in [0.29, 0.717) is 23.6 Å². The molecular weight excluding hydrogens is 465 g/mol. The quantitative estimate of drug-likeness (QED) is 0.553. The Bertz CT molecular complexity index is 1250. The molecule has 3 atom stereocenters. The van der Waals surface area contributed by atoms with Gasteiger partial charge < -0.3 is 15.5 Å². The van der Waals surface area contributed by atoms with Gasteiger partial charge in [0, 0.05) is 24.6 Å². The summed E-state index contributed by atoms with van der Waals surface area (Å²) in [5.74, 6) is -0.956. The zero-order chi connectivity index (χ0) is 22.6. The number of carbonyl (C=O) groups excluding carboxylic acids is 1. The van der Waals surface area contributed by atoms with Crippen molar-refractivity contribution in [2.75, 3.05) is 16.8 Å². The summed E-state index contributed by atoms with van der Waals surface area (Å²) >= 11 is 11.4. The minimum Gasteiger partial charge on any atom is -0.357 e. The van der Waals surface area contributed by atoms with Crippen LogP contribution in [0.4, 0.5) is 24.7 Å². The number of carbonyl (C=O) groups is 1. The van der Waals surface area contributed by atoms with E-state index in [9.17, 15) is 18.0 Å². The van der Waals surface area contributed by atoms with Gasteiger partial charge in [0.1, 0.15) is 29.3 Å². The van der Waals surface area contributed by atoms with Gasteiger partial charge in [0.15, 0.2) is 21.7 Å². The summed E-state index contributed by atoms with van der Waals surface area (Å²) in [7, 11) is 0. The van der Waals surface area contributed by atoms with Crippen molar-refractivity contribution in [1.29, 1.82) is 0 Å². The number of hydrogen-bond donors (Lipinski definition) is 2. The highest BCUT2D eigenvalue weighted by molar-refractivity contribution is 7.80. The number of Topliss-reactive ketones (excluding diaryl/α,β-unsaturated/α-hetero) is 1. The number of hydrogen-bond acceptors (Lipinski definition) is 5. The Morgan fingerprint density at radius 1 is 1.28 bits per heavy atom. The van der Waals surface area contributed by atoms with Crippen LogP contribution in [-0.4, -0.2) is 44.3 Å². The minimum absolute atomic E-state index is 0.00599. The summed E-state index contributed by atoms with van der Waals surface area (Å²) in [4.78, 5) is 18.4. The monoisotopic (exact) mass is 480 g/mol. The van der Waals surface area contributed by atoms with E-state index in [0.717, 1.165) is 18.2 Å². The zero-order valence-corrected chi connectivity index (χ0v) is 17.9. The number of fused-ring (bicyclic) bond motifs is 1. The average Bonchev–Trinajstić information content (AvgIpc) is 3.15. The summed E-state index contributed by atoms with van der Waals surface area (Å²) in [6, 6.07) is 3.72. The molecule has 0 spiro atoms. The molecule has 3 heterocycles. The first-order valence-corrected chi connectivity index (χ1v) is 10.6. The van der Waals surface area contributed by atoms with E-state index >= 15 is 0 Å². The van der Waals surface area contributed by atoms with E-state index < -0.39 is 23.8 Å². The predicted octanol–water partition coefficient (Wildman–Crippen LogP) is 3.58. The molecule has 7 nitrogen and oxygen atoms in total. The molecule has 0 bridgehead atoms. The molecule has 2 aliphatic rings. The molecule has 2 aromatic heterocycles. The van der Waals surface area contributed by atoms with Gasteiger partial charge in [0.05, 0.1) is 18.6 Å². The molecule has 3 aromatic rings. The molecule has 1 saturated carbocycles. The second-order valence-corrected chi connectivity index (χ2v) is 8.49. The van der Waals surface area contributed by atoms with E-state index in [4.69, 9.17) is 23.8 Å². The number of alkyl halides is 1. The third kappa shape index (κ3) is 3.86. The van der Waals surface area contributed by atoms with E-state index in [1.807, 2.05) is 0 Å². The molecular formula is C20H16ClF3N6OS. The molecule has 0 amide bonds. The summed E-state index contributed by atoms with van der Waals surface area (Å²) in [5.41, 5.74) is 0.696. The topological polar surface area (TPSA) is 74.6 Å². The third-order valence-corrected chi connectivity index (χ3v) is 5.94. The lowest BCUT2D eigenvalue weighted by Gasteiger charge is -2.25. The zero-order valence-electron chi connectivity index (χ0n) is 16.4. The number of nitrogens with zero attached hydrogens (tertiary/aromatic N) is 4. The molecule has 166 valence electrons. The normalized spacial score (nSPS) is 22.4. The van der Waals surface area contributed by atoms with Crippen molar-refractivity contribution in [3.8, 4) is 0 Å². The maximum Gasteiger partial charge on any atom is 0.182 e. The molecule has 2 N–H and O–H groups in total. The average molecular weight is 481 g/mol. The summed E-state index contributed by atoms with van der Waals surface area (Å²) in [6.45, 7) is -0.00599. The fraction of sp³-hybridized carbons (Fsp3) is 0.300. The first kappa shape index (κ1) is 21.0. The van der Waals surface area contributed by atoms with Crippen LogP contribution in [0.5, 0.6) is 0 Å². The highest BCUT2D eigenvalue weighted by Gasteiger charge is 2.38. The Balaban J connectivity index is 1.48. The number of anilines is 2. The van der Waals surface area contributed by atoms with Crippen LogP contribution in [0.3, 0.4) is 0 Å². The van der Waals surface area contributed by atoms with Crippen molar-refractivity contribution < 1.29 is 18.0 Å². The third-order valence-electron chi connectivity index (χ3n) is 5.45. The van der Waals surface area contributed by atoms with Crippen LogP contribution in [-0.2, 0) is 4.79 Å². The maximum absolute atomic E-state index is 14.4. The lowest BCUT2D eigenvalue weighted by Crippen LogP contribution is -2.31. The molecule has 1 aliphatic heterocycles. The number of thiocarbonyl (C=S) groups is 1. The minimum atomic E-state index is -0.938. The van der Waals surface area contributed by atoms with Crippen molar-refractivity contribution in [1.82, 2.24) is 19.9 Å². The molecule has 0 unspecified atom stereocenters. The predicted molar refractivity (Wildman–Crippen MR) is 117 cm³/mol. The summed E-state index contributed by atoms with van der Waals surface area (Å²) in [6.07, 6.45) is 1.06. The first-order valence-electron chi connectivity index (χ1n) is 9.80. The number of nitrogens with one attached hydrogen (secondary N) is 2. The van der Waals surface area contributed by atoms with Crippen molar-refractivity contribution >= 4 is 51.9 Å². The maximum atomic E-state index is 14.4. The standard InChI is InChI=1S/C20H16ClF3N6OS/c21-18-17(27-20(32)25-14-7-13(14)24)19-26-16(3-4-30(19)28-18)29-8-10(31)6-15(29)11-5-9(22)1-2-12(11)23/h1-5,13-15H,6-8H2,(H2,25,27,32)/t13-,14+,15-/m1/s1.